The Morgan fingerprint density at radius 1 is 1.24 bits per heavy atom. The monoisotopic (exact) mass is 313 g/mol. The average molecular weight is 313 g/mol. The minimum atomic E-state index is -2.90. The molecular weight excluding hydrogens is 290 g/mol. The molecule has 1 unspecified atom stereocenters. The zero-order chi connectivity index (χ0) is 15.5. The molecular formula is C15H23NO4S. The van der Waals surface area contributed by atoms with Gasteiger partial charge in [-0.05, 0) is 49.1 Å². The zero-order valence-corrected chi connectivity index (χ0v) is 13.6. The van der Waals surface area contributed by atoms with Gasteiger partial charge in [-0.25, -0.2) is 8.42 Å². The van der Waals surface area contributed by atoms with Gasteiger partial charge in [-0.2, -0.15) is 0 Å². The Labute approximate surface area is 126 Å². The fourth-order valence-corrected chi connectivity index (χ4v) is 3.47. The van der Waals surface area contributed by atoms with E-state index < -0.39 is 9.84 Å². The lowest BCUT2D eigenvalue weighted by atomic mass is 9.91. The summed E-state index contributed by atoms with van der Waals surface area (Å²) in [6.45, 7) is 0.895. The molecule has 1 aliphatic heterocycles. The number of methoxy groups -OCH3 is 2. The number of fused-ring (bicyclic) bond motifs is 1. The molecule has 0 spiro atoms. The van der Waals surface area contributed by atoms with E-state index >= 15 is 0 Å². The Hall–Kier alpha value is -1.27. The van der Waals surface area contributed by atoms with Gasteiger partial charge >= 0.3 is 0 Å². The topological polar surface area (TPSA) is 64.6 Å². The Kier molecular flexibility index (Phi) is 5.11. The van der Waals surface area contributed by atoms with Crippen molar-refractivity contribution in [3.8, 4) is 11.5 Å². The molecule has 0 fully saturated rings. The smallest absolute Gasteiger partial charge is 0.161 e. The van der Waals surface area contributed by atoms with Crippen molar-refractivity contribution >= 4 is 9.84 Å². The molecule has 6 heteroatoms. The largest absolute Gasteiger partial charge is 0.493 e. The van der Waals surface area contributed by atoms with Crippen molar-refractivity contribution in [3.63, 3.8) is 0 Å². The predicted molar refractivity (Wildman–Crippen MR) is 82.9 cm³/mol. The summed E-state index contributed by atoms with van der Waals surface area (Å²) < 4.78 is 33.2. The van der Waals surface area contributed by atoms with Gasteiger partial charge in [0, 0.05) is 18.1 Å². The van der Waals surface area contributed by atoms with E-state index in [2.05, 4.69) is 5.32 Å². The molecule has 0 bridgehead atoms. The summed E-state index contributed by atoms with van der Waals surface area (Å²) in [5, 5.41) is 3.46. The molecule has 0 aliphatic carbocycles. The van der Waals surface area contributed by atoms with Gasteiger partial charge < -0.3 is 14.8 Å². The zero-order valence-electron chi connectivity index (χ0n) is 12.8. The molecule has 0 saturated heterocycles. The summed E-state index contributed by atoms with van der Waals surface area (Å²) in [5.41, 5.74) is 2.43. The summed E-state index contributed by atoms with van der Waals surface area (Å²) in [6, 6.07) is 4.21. The van der Waals surface area contributed by atoms with E-state index in [9.17, 15) is 8.42 Å². The van der Waals surface area contributed by atoms with E-state index in [-0.39, 0.29) is 11.8 Å². The van der Waals surface area contributed by atoms with Crippen LogP contribution in [0.1, 0.15) is 30.0 Å². The Morgan fingerprint density at radius 3 is 2.52 bits per heavy atom. The SMILES string of the molecule is COc1cc2c(cc1OC)C(CCCS(C)(=O)=O)NCC2. The van der Waals surface area contributed by atoms with Gasteiger partial charge in [-0.3, -0.25) is 0 Å². The molecule has 0 radical (unpaired) electrons. The van der Waals surface area contributed by atoms with Crippen LogP contribution >= 0.6 is 0 Å². The molecule has 0 aromatic heterocycles. The molecule has 1 aliphatic rings. The highest BCUT2D eigenvalue weighted by molar-refractivity contribution is 7.90. The highest BCUT2D eigenvalue weighted by atomic mass is 32.2. The van der Waals surface area contributed by atoms with Crippen LogP contribution < -0.4 is 14.8 Å². The van der Waals surface area contributed by atoms with E-state index in [1.54, 1.807) is 14.2 Å². The maximum atomic E-state index is 11.2. The van der Waals surface area contributed by atoms with Crippen molar-refractivity contribution in [2.45, 2.75) is 25.3 Å². The van der Waals surface area contributed by atoms with Crippen molar-refractivity contribution in [1.29, 1.82) is 0 Å². The fourth-order valence-electron chi connectivity index (χ4n) is 2.78. The first-order chi connectivity index (χ1) is 9.94. The lowest BCUT2D eigenvalue weighted by Gasteiger charge is -2.28. The van der Waals surface area contributed by atoms with E-state index in [0.717, 1.165) is 25.1 Å². The molecule has 1 heterocycles. The first-order valence-electron chi connectivity index (χ1n) is 7.10. The minimum Gasteiger partial charge on any atom is -0.493 e. The quantitative estimate of drug-likeness (QED) is 0.866. The maximum absolute atomic E-state index is 11.2. The van der Waals surface area contributed by atoms with Crippen molar-refractivity contribution in [2.75, 3.05) is 32.8 Å². The summed E-state index contributed by atoms with van der Waals surface area (Å²) in [4.78, 5) is 0. The van der Waals surface area contributed by atoms with Crippen molar-refractivity contribution in [2.24, 2.45) is 0 Å². The van der Waals surface area contributed by atoms with E-state index in [1.165, 1.54) is 17.4 Å². The van der Waals surface area contributed by atoms with Crippen molar-refractivity contribution in [3.05, 3.63) is 23.3 Å². The van der Waals surface area contributed by atoms with Crippen LogP contribution in [0.15, 0.2) is 12.1 Å². The second-order valence-corrected chi connectivity index (χ2v) is 7.69. The van der Waals surface area contributed by atoms with Gasteiger partial charge in [0.15, 0.2) is 11.5 Å². The van der Waals surface area contributed by atoms with Crippen LogP contribution in [0.5, 0.6) is 11.5 Å². The molecule has 0 saturated carbocycles. The average Bonchev–Trinajstić information content (AvgIpc) is 2.44. The van der Waals surface area contributed by atoms with Crippen LogP contribution in [-0.4, -0.2) is 41.2 Å². The maximum Gasteiger partial charge on any atom is 0.161 e. The van der Waals surface area contributed by atoms with Gasteiger partial charge in [0.05, 0.1) is 14.2 Å². The second-order valence-electron chi connectivity index (χ2n) is 5.43. The predicted octanol–water partition coefficient (Wildman–Crippen LogP) is 1.72. The van der Waals surface area contributed by atoms with Gasteiger partial charge in [0.2, 0.25) is 0 Å². The summed E-state index contributed by atoms with van der Waals surface area (Å²) in [7, 11) is 0.360. The molecule has 2 rings (SSSR count). The first kappa shape index (κ1) is 16.1. The number of nitrogens with one attached hydrogen (secondary N) is 1. The van der Waals surface area contributed by atoms with Crippen LogP contribution in [0.25, 0.3) is 0 Å². The fraction of sp³-hybridized carbons (Fsp3) is 0.600. The molecule has 0 amide bonds. The van der Waals surface area contributed by atoms with E-state index in [1.807, 2.05) is 12.1 Å². The summed E-state index contributed by atoms with van der Waals surface area (Å²) >= 11 is 0. The third-order valence-corrected chi connectivity index (χ3v) is 4.84. The highest BCUT2D eigenvalue weighted by Gasteiger charge is 2.22. The molecule has 21 heavy (non-hydrogen) atoms. The number of benzene rings is 1. The molecule has 1 aromatic rings. The lowest BCUT2D eigenvalue weighted by molar-refractivity contribution is 0.351. The first-order valence-corrected chi connectivity index (χ1v) is 9.16. The Bertz CT molecular complexity index is 598. The van der Waals surface area contributed by atoms with E-state index in [0.29, 0.717) is 12.2 Å². The number of sulfone groups is 1. The van der Waals surface area contributed by atoms with E-state index in [4.69, 9.17) is 9.47 Å². The molecule has 5 nitrogen and oxygen atoms in total. The standard InChI is InChI=1S/C15H23NO4S/c1-19-14-9-11-6-7-16-13(5-4-8-21(3,17)18)12(11)10-15(14)20-2/h9-10,13,16H,4-8H2,1-3H3. The Morgan fingerprint density at radius 2 is 1.90 bits per heavy atom. The number of hydrogen-bond acceptors (Lipinski definition) is 5. The molecule has 118 valence electrons. The number of ether oxygens (including phenoxy) is 2. The molecule has 1 atom stereocenters. The van der Waals surface area contributed by atoms with Gasteiger partial charge in [-0.1, -0.05) is 0 Å². The second kappa shape index (κ2) is 6.66. The molecule has 1 aromatic carbocycles. The normalized spacial score (nSPS) is 18.1. The van der Waals surface area contributed by atoms with Gasteiger partial charge in [-0.15, -0.1) is 0 Å². The number of rotatable bonds is 6. The minimum absolute atomic E-state index is 0.176. The highest BCUT2D eigenvalue weighted by Crippen LogP contribution is 2.36. The third-order valence-electron chi connectivity index (χ3n) is 3.81. The summed E-state index contributed by atoms with van der Waals surface area (Å²) in [5.74, 6) is 1.69. The van der Waals surface area contributed by atoms with Crippen molar-refractivity contribution < 1.29 is 17.9 Å². The number of hydrogen-bond donors (Lipinski definition) is 1. The van der Waals surface area contributed by atoms with Crippen LogP contribution in [0.2, 0.25) is 0 Å². The summed E-state index contributed by atoms with van der Waals surface area (Å²) in [6.07, 6.45) is 3.68. The van der Waals surface area contributed by atoms with Gasteiger partial charge in [0.1, 0.15) is 9.84 Å². The van der Waals surface area contributed by atoms with Crippen molar-refractivity contribution in [1.82, 2.24) is 5.32 Å². The van der Waals surface area contributed by atoms with Gasteiger partial charge in [0.25, 0.3) is 0 Å². The van der Waals surface area contributed by atoms with Crippen LogP contribution in [-0.2, 0) is 16.3 Å². The third kappa shape index (κ3) is 4.11. The van der Waals surface area contributed by atoms with Crippen LogP contribution in [0.4, 0.5) is 0 Å². The molecule has 1 N–H and O–H groups in total. The lowest BCUT2D eigenvalue weighted by Crippen LogP contribution is -2.30. The van der Waals surface area contributed by atoms with Crippen LogP contribution in [0.3, 0.4) is 0 Å². The van der Waals surface area contributed by atoms with Crippen LogP contribution in [0, 0.1) is 0 Å². The Balaban J connectivity index is 2.18.